The Kier molecular flexibility index (Phi) is 4.26. The maximum Gasteiger partial charge on any atom is 0.258 e. The molecule has 1 aliphatic rings. The van der Waals surface area contributed by atoms with Crippen molar-refractivity contribution >= 4 is 17.5 Å². The van der Waals surface area contributed by atoms with E-state index in [2.05, 4.69) is 10.1 Å². The van der Waals surface area contributed by atoms with Gasteiger partial charge in [0.15, 0.2) is 5.65 Å². The monoisotopic (exact) mass is 329 g/mol. The van der Waals surface area contributed by atoms with E-state index in [4.69, 9.17) is 0 Å². The average molecular weight is 329 g/mol. The number of amides is 2. The summed E-state index contributed by atoms with van der Waals surface area (Å²) in [5.41, 5.74) is 1.92. The van der Waals surface area contributed by atoms with Crippen molar-refractivity contribution in [1.82, 2.24) is 24.4 Å². The fourth-order valence-electron chi connectivity index (χ4n) is 3.22. The van der Waals surface area contributed by atoms with Gasteiger partial charge in [-0.15, -0.1) is 0 Å². The van der Waals surface area contributed by atoms with Crippen molar-refractivity contribution in [3.05, 3.63) is 29.7 Å². The molecule has 1 atom stereocenters. The van der Waals surface area contributed by atoms with Crippen molar-refractivity contribution in [2.75, 3.05) is 20.6 Å². The molecular formula is C17H23N5O2. The summed E-state index contributed by atoms with van der Waals surface area (Å²) < 4.78 is 1.70. The molecule has 1 fully saturated rings. The zero-order chi connectivity index (χ0) is 17.4. The predicted molar refractivity (Wildman–Crippen MR) is 89.5 cm³/mol. The van der Waals surface area contributed by atoms with E-state index in [1.54, 1.807) is 31.0 Å². The second-order valence-electron chi connectivity index (χ2n) is 6.71. The summed E-state index contributed by atoms with van der Waals surface area (Å²) in [6.45, 7) is 4.60. The molecule has 128 valence electrons. The third-order valence-corrected chi connectivity index (χ3v) is 4.44. The first-order valence-corrected chi connectivity index (χ1v) is 8.26. The number of carbonyl (C=O) groups is 2. The summed E-state index contributed by atoms with van der Waals surface area (Å²) in [5, 5.41) is 4.37. The molecule has 24 heavy (non-hydrogen) atoms. The predicted octanol–water partition coefficient (Wildman–Crippen LogP) is 1.75. The zero-order valence-corrected chi connectivity index (χ0v) is 14.6. The number of carbonyl (C=O) groups excluding carboxylic acids is 2. The minimum Gasteiger partial charge on any atom is -0.345 e. The molecule has 0 saturated carbocycles. The van der Waals surface area contributed by atoms with Gasteiger partial charge in [-0.2, -0.15) is 5.10 Å². The van der Waals surface area contributed by atoms with E-state index in [9.17, 15) is 9.59 Å². The normalized spacial score (nSPS) is 17.7. The van der Waals surface area contributed by atoms with Crippen molar-refractivity contribution < 1.29 is 9.59 Å². The van der Waals surface area contributed by atoms with Gasteiger partial charge in [0.2, 0.25) is 5.91 Å². The van der Waals surface area contributed by atoms with Crippen LogP contribution in [0.1, 0.15) is 48.8 Å². The second kappa shape index (κ2) is 6.22. The number of likely N-dealkylation sites (tertiary alicyclic amines) is 1. The minimum atomic E-state index is -0.129. The smallest absolute Gasteiger partial charge is 0.258 e. The Morgan fingerprint density at radius 3 is 2.75 bits per heavy atom. The highest BCUT2D eigenvalue weighted by molar-refractivity contribution is 5.99. The maximum atomic E-state index is 12.5. The van der Waals surface area contributed by atoms with E-state index < -0.39 is 0 Å². The van der Waals surface area contributed by atoms with Gasteiger partial charge in [0.25, 0.3) is 5.91 Å². The molecular weight excluding hydrogens is 306 g/mol. The van der Waals surface area contributed by atoms with Crippen LogP contribution in [0, 0.1) is 5.92 Å². The number of hydrogen-bond donors (Lipinski definition) is 0. The SMILES string of the molecule is CC(C)C(=O)N1CCC[C@H]1c1ccnc2c(C(=O)N(C)C)cnn12. The summed E-state index contributed by atoms with van der Waals surface area (Å²) >= 11 is 0. The Hall–Kier alpha value is -2.44. The first-order valence-electron chi connectivity index (χ1n) is 8.26. The highest BCUT2D eigenvalue weighted by atomic mass is 16.2. The third-order valence-electron chi connectivity index (χ3n) is 4.44. The highest BCUT2D eigenvalue weighted by Gasteiger charge is 2.33. The lowest BCUT2D eigenvalue weighted by molar-refractivity contribution is -0.135. The van der Waals surface area contributed by atoms with Crippen LogP contribution in [-0.2, 0) is 4.79 Å². The minimum absolute atomic E-state index is 0.0207. The molecule has 2 aromatic rings. The van der Waals surface area contributed by atoms with Gasteiger partial charge in [0, 0.05) is 32.8 Å². The Labute approximate surface area is 141 Å². The number of nitrogens with zero attached hydrogens (tertiary/aromatic N) is 5. The molecule has 0 radical (unpaired) electrons. The molecule has 0 spiro atoms. The molecule has 2 aromatic heterocycles. The summed E-state index contributed by atoms with van der Waals surface area (Å²) in [7, 11) is 3.41. The molecule has 7 nitrogen and oxygen atoms in total. The first-order chi connectivity index (χ1) is 11.4. The van der Waals surface area contributed by atoms with E-state index in [1.165, 1.54) is 4.90 Å². The number of aromatic nitrogens is 3. The van der Waals surface area contributed by atoms with Crippen LogP contribution < -0.4 is 0 Å². The van der Waals surface area contributed by atoms with E-state index in [-0.39, 0.29) is 23.8 Å². The van der Waals surface area contributed by atoms with Gasteiger partial charge in [0.05, 0.1) is 17.9 Å². The summed E-state index contributed by atoms with van der Waals surface area (Å²) in [6, 6.07) is 1.87. The van der Waals surface area contributed by atoms with Crippen molar-refractivity contribution in [2.45, 2.75) is 32.7 Å². The summed E-state index contributed by atoms with van der Waals surface area (Å²) in [5.74, 6) is -0.0122. The number of fused-ring (bicyclic) bond motifs is 1. The lowest BCUT2D eigenvalue weighted by Gasteiger charge is -2.26. The maximum absolute atomic E-state index is 12.5. The molecule has 0 bridgehead atoms. The van der Waals surface area contributed by atoms with E-state index >= 15 is 0 Å². The second-order valence-corrected chi connectivity index (χ2v) is 6.71. The Morgan fingerprint density at radius 1 is 1.33 bits per heavy atom. The van der Waals surface area contributed by atoms with Gasteiger partial charge in [0.1, 0.15) is 5.56 Å². The van der Waals surface area contributed by atoms with Crippen LogP contribution in [0.4, 0.5) is 0 Å². The molecule has 0 aliphatic carbocycles. The average Bonchev–Trinajstić information content (AvgIpc) is 3.19. The Morgan fingerprint density at radius 2 is 2.08 bits per heavy atom. The first kappa shape index (κ1) is 16.4. The summed E-state index contributed by atoms with van der Waals surface area (Å²) in [4.78, 5) is 32.5. The van der Waals surface area contributed by atoms with Crippen molar-refractivity contribution in [3.63, 3.8) is 0 Å². The quantitative estimate of drug-likeness (QED) is 0.860. The zero-order valence-electron chi connectivity index (χ0n) is 14.6. The van der Waals surface area contributed by atoms with Crippen LogP contribution in [0.2, 0.25) is 0 Å². The van der Waals surface area contributed by atoms with Crippen molar-refractivity contribution in [2.24, 2.45) is 5.92 Å². The largest absolute Gasteiger partial charge is 0.345 e. The fourth-order valence-corrected chi connectivity index (χ4v) is 3.22. The van der Waals surface area contributed by atoms with Gasteiger partial charge in [-0.05, 0) is 18.9 Å². The van der Waals surface area contributed by atoms with Crippen LogP contribution in [0.5, 0.6) is 0 Å². The Balaban J connectivity index is 2.04. The van der Waals surface area contributed by atoms with Crippen molar-refractivity contribution in [1.29, 1.82) is 0 Å². The molecule has 0 unspecified atom stereocenters. The fraction of sp³-hybridized carbons (Fsp3) is 0.529. The van der Waals surface area contributed by atoms with Crippen LogP contribution in [0.3, 0.4) is 0 Å². The summed E-state index contributed by atoms with van der Waals surface area (Å²) in [6.07, 6.45) is 5.11. The molecule has 7 heteroatoms. The standard InChI is InChI=1S/C17H23N5O2/c1-11(2)16(23)21-9-5-6-13(21)14-7-8-18-15-12(10-19-22(14)15)17(24)20(3)4/h7-8,10-11,13H,5-6,9H2,1-4H3/t13-/m0/s1. The van der Waals surface area contributed by atoms with Crippen LogP contribution in [0.25, 0.3) is 5.65 Å². The molecule has 0 aromatic carbocycles. The number of hydrogen-bond acceptors (Lipinski definition) is 4. The molecule has 3 heterocycles. The van der Waals surface area contributed by atoms with Gasteiger partial charge in [-0.3, -0.25) is 9.59 Å². The van der Waals surface area contributed by atoms with Gasteiger partial charge >= 0.3 is 0 Å². The molecule has 1 saturated heterocycles. The molecule has 3 rings (SSSR count). The lowest BCUT2D eigenvalue weighted by Crippen LogP contribution is -2.34. The topological polar surface area (TPSA) is 70.8 Å². The van der Waals surface area contributed by atoms with Crippen LogP contribution >= 0.6 is 0 Å². The molecule has 2 amide bonds. The van der Waals surface area contributed by atoms with Gasteiger partial charge < -0.3 is 9.80 Å². The van der Waals surface area contributed by atoms with Crippen LogP contribution in [0.15, 0.2) is 18.5 Å². The third kappa shape index (κ3) is 2.64. The van der Waals surface area contributed by atoms with Crippen LogP contribution in [-0.4, -0.2) is 56.9 Å². The van der Waals surface area contributed by atoms with Gasteiger partial charge in [-0.25, -0.2) is 9.50 Å². The van der Waals surface area contributed by atoms with E-state index in [1.807, 2.05) is 24.8 Å². The molecule has 0 N–H and O–H groups in total. The van der Waals surface area contributed by atoms with Gasteiger partial charge in [-0.1, -0.05) is 13.8 Å². The van der Waals surface area contributed by atoms with E-state index in [0.717, 1.165) is 25.1 Å². The van der Waals surface area contributed by atoms with E-state index in [0.29, 0.717) is 11.2 Å². The highest BCUT2D eigenvalue weighted by Crippen LogP contribution is 2.33. The number of rotatable bonds is 3. The Bertz CT molecular complexity index is 780. The van der Waals surface area contributed by atoms with Crippen molar-refractivity contribution in [3.8, 4) is 0 Å². The lowest BCUT2D eigenvalue weighted by atomic mass is 10.1. The molecule has 1 aliphatic heterocycles.